The van der Waals surface area contributed by atoms with Crippen molar-refractivity contribution in [3.8, 4) is 0 Å². The first kappa shape index (κ1) is 17.4. The van der Waals surface area contributed by atoms with Gasteiger partial charge in [-0.2, -0.15) is 5.10 Å². The lowest BCUT2D eigenvalue weighted by atomic mass is 10.1. The maximum absolute atomic E-state index is 13.2. The van der Waals surface area contributed by atoms with E-state index in [2.05, 4.69) is 15.4 Å². The highest BCUT2D eigenvalue weighted by Crippen LogP contribution is 2.14. The van der Waals surface area contributed by atoms with Crippen LogP contribution in [-0.2, 0) is 13.5 Å². The summed E-state index contributed by atoms with van der Waals surface area (Å²) in [7, 11) is 1.45. The van der Waals surface area contributed by atoms with Crippen LogP contribution in [0.25, 0.3) is 0 Å². The molecule has 3 rings (SSSR count). The number of hydrogen-bond acceptors (Lipinski definition) is 4. The number of aromatic nitrogens is 3. The molecule has 0 unspecified atom stereocenters. The van der Waals surface area contributed by atoms with E-state index in [1.54, 1.807) is 12.1 Å². The van der Waals surface area contributed by atoms with Gasteiger partial charge in [0, 0.05) is 25.5 Å². The predicted molar refractivity (Wildman–Crippen MR) is 90.8 cm³/mol. The lowest BCUT2D eigenvalue weighted by molar-refractivity contribution is 0.102. The van der Waals surface area contributed by atoms with Crippen LogP contribution in [0.2, 0.25) is 0 Å². The average Bonchev–Trinajstić information content (AvgIpc) is 2.58. The highest BCUT2D eigenvalue weighted by molar-refractivity contribution is 6.03. The molecule has 2 heterocycles. The van der Waals surface area contributed by atoms with E-state index in [0.29, 0.717) is 17.5 Å². The van der Waals surface area contributed by atoms with Gasteiger partial charge in [-0.3, -0.25) is 9.59 Å². The molecule has 0 saturated heterocycles. The summed E-state index contributed by atoms with van der Waals surface area (Å²) in [6, 6.07) is 7.86. The summed E-state index contributed by atoms with van der Waals surface area (Å²) in [5, 5.41) is 6.27. The van der Waals surface area contributed by atoms with Gasteiger partial charge in [0.25, 0.3) is 11.5 Å². The molecule has 0 radical (unpaired) electrons. The van der Waals surface area contributed by atoms with Crippen LogP contribution in [0.1, 0.15) is 21.5 Å². The Labute approximate surface area is 147 Å². The zero-order valence-corrected chi connectivity index (χ0v) is 13.7. The van der Waals surface area contributed by atoms with Crippen molar-refractivity contribution in [1.29, 1.82) is 0 Å². The molecule has 26 heavy (non-hydrogen) atoms. The highest BCUT2D eigenvalue weighted by Gasteiger charge is 2.12. The number of aryl methyl sites for hydroxylation is 1. The molecular weight excluding hydrogens is 342 g/mol. The molecule has 8 heteroatoms. The van der Waals surface area contributed by atoms with E-state index < -0.39 is 23.1 Å². The normalized spacial score (nSPS) is 10.6. The Bertz CT molecular complexity index is 996. The standard InChI is InChI=1S/C18H14F2N4O2/c1-24-18(26)15(4-5-22-24)17(25)23-16-3-2-11(10-21-16)6-12-7-13(19)9-14(20)8-12/h2-5,7-10H,6H2,1H3,(H,21,23,25). The van der Waals surface area contributed by atoms with Crippen molar-refractivity contribution in [3.05, 3.63) is 87.5 Å². The van der Waals surface area contributed by atoms with Gasteiger partial charge in [0.05, 0.1) is 0 Å². The summed E-state index contributed by atoms with van der Waals surface area (Å²) in [6.45, 7) is 0. The molecule has 0 atom stereocenters. The first-order valence-corrected chi connectivity index (χ1v) is 7.66. The van der Waals surface area contributed by atoms with Gasteiger partial charge in [-0.15, -0.1) is 0 Å². The Hall–Kier alpha value is -3.42. The van der Waals surface area contributed by atoms with Gasteiger partial charge in [-0.25, -0.2) is 18.4 Å². The van der Waals surface area contributed by atoms with Crippen LogP contribution in [-0.4, -0.2) is 20.7 Å². The first-order chi connectivity index (χ1) is 12.4. The molecular formula is C18H14F2N4O2. The van der Waals surface area contributed by atoms with Crippen LogP contribution in [0.4, 0.5) is 14.6 Å². The summed E-state index contributed by atoms with van der Waals surface area (Å²) in [4.78, 5) is 28.1. The number of benzene rings is 1. The Morgan fingerprint density at radius 1 is 1.12 bits per heavy atom. The minimum absolute atomic E-state index is 0.0522. The second-order valence-corrected chi connectivity index (χ2v) is 5.63. The van der Waals surface area contributed by atoms with E-state index in [-0.39, 0.29) is 11.4 Å². The van der Waals surface area contributed by atoms with Gasteiger partial charge in [0.15, 0.2) is 0 Å². The molecule has 0 saturated carbocycles. The van der Waals surface area contributed by atoms with Crippen molar-refractivity contribution in [2.24, 2.45) is 7.05 Å². The van der Waals surface area contributed by atoms with Crippen LogP contribution in [0.15, 0.2) is 53.6 Å². The fourth-order valence-electron chi connectivity index (χ4n) is 2.41. The van der Waals surface area contributed by atoms with Gasteiger partial charge in [-0.05, 0) is 41.8 Å². The minimum Gasteiger partial charge on any atom is -0.306 e. The summed E-state index contributed by atoms with van der Waals surface area (Å²) >= 11 is 0. The molecule has 0 aliphatic carbocycles. The van der Waals surface area contributed by atoms with Crippen molar-refractivity contribution in [2.75, 3.05) is 5.32 Å². The summed E-state index contributed by atoms with van der Waals surface area (Å²) in [6.07, 6.45) is 3.13. The summed E-state index contributed by atoms with van der Waals surface area (Å²) in [5.41, 5.74) is 0.618. The monoisotopic (exact) mass is 356 g/mol. The Morgan fingerprint density at radius 3 is 2.50 bits per heavy atom. The molecule has 1 N–H and O–H groups in total. The Balaban J connectivity index is 1.72. The molecule has 0 fully saturated rings. The van der Waals surface area contributed by atoms with E-state index in [1.807, 2.05) is 0 Å². The first-order valence-electron chi connectivity index (χ1n) is 7.66. The van der Waals surface area contributed by atoms with Gasteiger partial charge >= 0.3 is 0 Å². The van der Waals surface area contributed by atoms with Gasteiger partial charge < -0.3 is 5.32 Å². The predicted octanol–water partition coefficient (Wildman–Crippen LogP) is 2.30. The van der Waals surface area contributed by atoms with Gasteiger partial charge in [-0.1, -0.05) is 6.07 Å². The quantitative estimate of drug-likeness (QED) is 0.778. The number of nitrogens with one attached hydrogen (secondary N) is 1. The van der Waals surface area contributed by atoms with E-state index in [9.17, 15) is 18.4 Å². The van der Waals surface area contributed by atoms with Crippen LogP contribution < -0.4 is 10.9 Å². The van der Waals surface area contributed by atoms with E-state index >= 15 is 0 Å². The SMILES string of the molecule is Cn1nccc(C(=O)Nc2ccc(Cc3cc(F)cc(F)c3)cn2)c1=O. The summed E-state index contributed by atoms with van der Waals surface area (Å²) in [5.74, 6) is -1.63. The van der Waals surface area contributed by atoms with Crippen molar-refractivity contribution in [1.82, 2.24) is 14.8 Å². The zero-order chi connectivity index (χ0) is 18.7. The fraction of sp³-hybridized carbons (Fsp3) is 0.111. The number of halogens is 2. The number of hydrogen-bond donors (Lipinski definition) is 1. The minimum atomic E-state index is -0.643. The highest BCUT2D eigenvalue weighted by atomic mass is 19.1. The van der Waals surface area contributed by atoms with E-state index in [4.69, 9.17) is 0 Å². The maximum Gasteiger partial charge on any atom is 0.279 e. The van der Waals surface area contributed by atoms with Gasteiger partial charge in [0.1, 0.15) is 23.0 Å². The lowest BCUT2D eigenvalue weighted by Gasteiger charge is -2.06. The van der Waals surface area contributed by atoms with Crippen LogP contribution in [0.5, 0.6) is 0 Å². The number of anilines is 1. The topological polar surface area (TPSA) is 76.9 Å². The molecule has 2 aromatic heterocycles. The molecule has 1 amide bonds. The van der Waals surface area contributed by atoms with Crippen molar-refractivity contribution < 1.29 is 13.6 Å². The van der Waals surface area contributed by atoms with Crippen molar-refractivity contribution in [2.45, 2.75) is 6.42 Å². The van der Waals surface area contributed by atoms with Crippen LogP contribution in [0.3, 0.4) is 0 Å². The number of amides is 1. The number of carbonyl (C=O) groups excluding carboxylic acids is 1. The number of nitrogens with zero attached hydrogens (tertiary/aromatic N) is 3. The molecule has 0 bridgehead atoms. The molecule has 1 aromatic carbocycles. The fourth-order valence-corrected chi connectivity index (χ4v) is 2.41. The third-order valence-electron chi connectivity index (χ3n) is 3.65. The second-order valence-electron chi connectivity index (χ2n) is 5.63. The number of rotatable bonds is 4. The molecule has 0 aliphatic rings. The van der Waals surface area contributed by atoms with Crippen LogP contribution >= 0.6 is 0 Å². The van der Waals surface area contributed by atoms with E-state index in [1.165, 1.54) is 37.6 Å². The second kappa shape index (κ2) is 7.22. The summed E-state index contributed by atoms with van der Waals surface area (Å²) < 4.78 is 27.5. The lowest BCUT2D eigenvalue weighted by Crippen LogP contribution is -2.28. The van der Waals surface area contributed by atoms with Crippen LogP contribution in [0, 0.1) is 11.6 Å². The Morgan fingerprint density at radius 2 is 1.85 bits per heavy atom. The number of pyridine rings is 1. The zero-order valence-electron chi connectivity index (χ0n) is 13.7. The maximum atomic E-state index is 13.2. The third kappa shape index (κ3) is 3.97. The smallest absolute Gasteiger partial charge is 0.279 e. The van der Waals surface area contributed by atoms with Crippen molar-refractivity contribution in [3.63, 3.8) is 0 Å². The number of carbonyl (C=O) groups is 1. The molecule has 6 nitrogen and oxygen atoms in total. The third-order valence-corrected chi connectivity index (χ3v) is 3.65. The molecule has 132 valence electrons. The Kier molecular flexibility index (Phi) is 4.83. The largest absolute Gasteiger partial charge is 0.306 e. The average molecular weight is 356 g/mol. The van der Waals surface area contributed by atoms with Gasteiger partial charge in [0.2, 0.25) is 0 Å². The molecule has 0 aliphatic heterocycles. The van der Waals surface area contributed by atoms with Crippen molar-refractivity contribution >= 4 is 11.7 Å². The van der Waals surface area contributed by atoms with E-state index in [0.717, 1.165) is 10.7 Å². The molecule has 0 spiro atoms. The molecule has 3 aromatic rings.